The van der Waals surface area contributed by atoms with E-state index in [1.807, 2.05) is 11.9 Å². The lowest BCUT2D eigenvalue weighted by Gasteiger charge is -2.24. The molecule has 0 radical (unpaired) electrons. The molecule has 0 aliphatic carbocycles. The number of hydrogen-bond acceptors (Lipinski definition) is 4. The first-order valence-corrected chi connectivity index (χ1v) is 5.84. The fraction of sp³-hybridized carbons (Fsp3) is 0.889. The summed E-state index contributed by atoms with van der Waals surface area (Å²) in [5.41, 5.74) is 0. The van der Waals surface area contributed by atoms with E-state index >= 15 is 0 Å². The van der Waals surface area contributed by atoms with Crippen LogP contribution in [-0.4, -0.2) is 39.7 Å². The fourth-order valence-electron chi connectivity index (χ4n) is 1.46. The second-order valence-electron chi connectivity index (χ2n) is 3.61. The van der Waals surface area contributed by atoms with Gasteiger partial charge in [-0.3, -0.25) is 5.01 Å². The van der Waals surface area contributed by atoms with E-state index in [4.69, 9.17) is 0 Å². The molecule has 0 saturated heterocycles. The van der Waals surface area contributed by atoms with Crippen LogP contribution < -0.4 is 0 Å². The van der Waals surface area contributed by atoms with E-state index < -0.39 is 6.23 Å². The normalized spacial score (nSPS) is 18.7. The van der Waals surface area contributed by atoms with E-state index in [0.717, 1.165) is 17.6 Å². The third-order valence-corrected chi connectivity index (χ3v) is 2.89. The van der Waals surface area contributed by atoms with Crippen LogP contribution in [0.25, 0.3) is 0 Å². The highest BCUT2D eigenvalue weighted by Crippen LogP contribution is 2.16. The summed E-state index contributed by atoms with van der Waals surface area (Å²) in [4.78, 5) is 1.86. The average Bonchev–Trinajstić information content (AvgIpc) is 2.45. The van der Waals surface area contributed by atoms with Crippen molar-refractivity contribution in [3.05, 3.63) is 0 Å². The van der Waals surface area contributed by atoms with Crippen LogP contribution in [0.1, 0.15) is 32.6 Å². The first kappa shape index (κ1) is 11.8. The number of aliphatic hydroxyl groups is 1. The maximum atomic E-state index is 9.85. The Balaban J connectivity index is 2.31. The lowest BCUT2D eigenvalue weighted by atomic mass is 10.2. The minimum absolute atomic E-state index is 0.412. The van der Waals surface area contributed by atoms with Crippen LogP contribution in [0.3, 0.4) is 0 Å². The topological polar surface area (TPSA) is 39.1 Å². The maximum Gasteiger partial charge on any atom is 0.195 e. The molecule has 0 bridgehead atoms. The molecule has 0 spiro atoms. The van der Waals surface area contributed by atoms with Crippen LogP contribution in [0.2, 0.25) is 0 Å². The molecule has 0 amide bonds. The van der Waals surface area contributed by atoms with Crippen molar-refractivity contribution >= 4 is 20.7 Å². The van der Waals surface area contributed by atoms with Crippen LogP contribution in [0.15, 0.2) is 5.10 Å². The summed E-state index contributed by atoms with van der Waals surface area (Å²) in [5, 5.41) is 15.8. The molecule has 0 aromatic carbocycles. The zero-order valence-electron chi connectivity index (χ0n) is 8.78. The Morgan fingerprint density at radius 3 is 2.79 bits per heavy atom. The monoisotopic (exact) mass is 263 g/mol. The predicted octanol–water partition coefficient (Wildman–Crippen LogP) is 1.76. The van der Waals surface area contributed by atoms with Crippen molar-refractivity contribution in [2.24, 2.45) is 5.10 Å². The van der Waals surface area contributed by atoms with Gasteiger partial charge in [-0.05, 0) is 28.8 Å². The maximum absolute atomic E-state index is 9.85. The Kier molecular flexibility index (Phi) is 4.68. The van der Waals surface area contributed by atoms with Gasteiger partial charge in [0.25, 0.3) is 0 Å². The van der Waals surface area contributed by atoms with Crippen molar-refractivity contribution in [3.63, 3.8) is 0 Å². The second kappa shape index (κ2) is 5.56. The molecule has 1 unspecified atom stereocenters. The number of hydrogen-bond donors (Lipinski definition) is 1. The molecular weight excluding hydrogens is 246 g/mol. The first-order valence-electron chi connectivity index (χ1n) is 5.05. The molecule has 14 heavy (non-hydrogen) atoms. The summed E-state index contributed by atoms with van der Waals surface area (Å²) in [5.74, 6) is 0. The van der Waals surface area contributed by atoms with Crippen molar-refractivity contribution in [1.29, 1.82) is 0 Å². The van der Waals surface area contributed by atoms with E-state index in [0.29, 0.717) is 6.67 Å². The molecule has 1 aliphatic rings. The number of rotatable bonds is 5. The molecule has 1 N–H and O–H groups in total. The van der Waals surface area contributed by atoms with Crippen molar-refractivity contribution in [3.8, 4) is 0 Å². The van der Waals surface area contributed by atoms with Crippen molar-refractivity contribution in [2.75, 3.05) is 13.7 Å². The molecular formula is C9H18BrN3O. The predicted molar refractivity (Wildman–Crippen MR) is 61.0 cm³/mol. The molecule has 0 saturated carbocycles. The third kappa shape index (κ3) is 3.13. The van der Waals surface area contributed by atoms with Gasteiger partial charge in [-0.1, -0.05) is 19.8 Å². The van der Waals surface area contributed by atoms with Gasteiger partial charge in [0.2, 0.25) is 0 Å². The Bertz CT molecular complexity index is 210. The lowest BCUT2D eigenvalue weighted by molar-refractivity contribution is 0.0330. The Hall–Kier alpha value is -0.290. The van der Waals surface area contributed by atoms with E-state index in [-0.39, 0.29) is 0 Å². The summed E-state index contributed by atoms with van der Waals surface area (Å²) in [6, 6.07) is 0. The highest BCUT2D eigenvalue weighted by molar-refractivity contribution is 9.18. The average molecular weight is 264 g/mol. The number of amidine groups is 1. The number of unbranched alkanes of at least 4 members (excludes halogenated alkanes) is 2. The Labute approximate surface area is 93.7 Å². The van der Waals surface area contributed by atoms with Crippen LogP contribution in [0.4, 0.5) is 0 Å². The van der Waals surface area contributed by atoms with Gasteiger partial charge in [0.15, 0.2) is 4.74 Å². The Morgan fingerprint density at radius 1 is 1.57 bits per heavy atom. The van der Waals surface area contributed by atoms with E-state index in [1.54, 1.807) is 5.01 Å². The number of hydrazone groups is 1. The summed E-state index contributed by atoms with van der Waals surface area (Å²) in [6.45, 7) is 2.82. The van der Waals surface area contributed by atoms with Crippen molar-refractivity contribution in [2.45, 2.75) is 38.8 Å². The van der Waals surface area contributed by atoms with Crippen LogP contribution in [0, 0.1) is 0 Å². The van der Waals surface area contributed by atoms with Gasteiger partial charge in [-0.2, -0.15) is 5.10 Å². The molecule has 1 rings (SSSR count). The highest BCUT2D eigenvalue weighted by Gasteiger charge is 2.24. The SMILES string of the molecule is CCCCCC(O)N1CN(C)N=C1Br. The van der Waals surface area contributed by atoms with Crippen LogP contribution in [-0.2, 0) is 0 Å². The zero-order chi connectivity index (χ0) is 10.6. The third-order valence-electron chi connectivity index (χ3n) is 2.27. The molecule has 5 heteroatoms. The van der Waals surface area contributed by atoms with E-state index in [9.17, 15) is 5.11 Å². The molecule has 0 fully saturated rings. The van der Waals surface area contributed by atoms with E-state index in [2.05, 4.69) is 28.0 Å². The second-order valence-corrected chi connectivity index (χ2v) is 4.32. The standard InChI is InChI=1S/C9H18BrN3O/c1-3-4-5-6-8(14)13-7-12(2)11-9(13)10/h8,14H,3-7H2,1-2H3. The molecule has 1 heterocycles. The smallest absolute Gasteiger partial charge is 0.195 e. The minimum atomic E-state index is -0.412. The van der Waals surface area contributed by atoms with Gasteiger partial charge >= 0.3 is 0 Å². The summed E-state index contributed by atoms with van der Waals surface area (Å²) in [6.07, 6.45) is 3.83. The lowest BCUT2D eigenvalue weighted by Crippen LogP contribution is -2.37. The molecule has 82 valence electrons. The van der Waals surface area contributed by atoms with Crippen molar-refractivity contribution in [1.82, 2.24) is 9.91 Å². The highest BCUT2D eigenvalue weighted by atomic mass is 79.9. The van der Waals surface area contributed by atoms with Gasteiger partial charge in [-0.25, -0.2) is 0 Å². The quantitative estimate of drug-likeness (QED) is 0.607. The fourth-order valence-corrected chi connectivity index (χ4v) is 2.08. The van der Waals surface area contributed by atoms with E-state index in [1.165, 1.54) is 12.8 Å². The molecule has 4 nitrogen and oxygen atoms in total. The van der Waals surface area contributed by atoms with Gasteiger partial charge in [0.1, 0.15) is 12.9 Å². The van der Waals surface area contributed by atoms with Gasteiger partial charge in [-0.15, -0.1) is 0 Å². The Morgan fingerprint density at radius 2 is 2.29 bits per heavy atom. The summed E-state index contributed by atoms with van der Waals surface area (Å²) in [7, 11) is 1.89. The molecule has 1 atom stereocenters. The first-order chi connectivity index (χ1) is 6.65. The number of halogens is 1. The van der Waals surface area contributed by atoms with Crippen LogP contribution >= 0.6 is 15.9 Å². The van der Waals surface area contributed by atoms with Gasteiger partial charge < -0.3 is 10.0 Å². The molecule has 1 aliphatic heterocycles. The summed E-state index contributed by atoms with van der Waals surface area (Å²) >= 11 is 3.33. The number of aliphatic hydroxyl groups excluding tert-OH is 1. The number of nitrogens with zero attached hydrogens (tertiary/aromatic N) is 3. The van der Waals surface area contributed by atoms with Gasteiger partial charge in [0.05, 0.1) is 0 Å². The zero-order valence-corrected chi connectivity index (χ0v) is 10.4. The molecule has 0 aromatic heterocycles. The minimum Gasteiger partial charge on any atom is -0.373 e. The molecule has 0 aromatic rings. The van der Waals surface area contributed by atoms with Crippen molar-refractivity contribution < 1.29 is 5.11 Å². The largest absolute Gasteiger partial charge is 0.373 e. The van der Waals surface area contributed by atoms with Crippen LogP contribution in [0.5, 0.6) is 0 Å². The van der Waals surface area contributed by atoms with Gasteiger partial charge in [0, 0.05) is 7.05 Å². The summed E-state index contributed by atoms with van der Waals surface area (Å²) < 4.78 is 0.726.